The number of piperidine rings is 1. The molecule has 19 heavy (non-hydrogen) atoms. The molecule has 2 amide bonds. The number of hydrogen-bond donors (Lipinski definition) is 2. The van der Waals surface area contributed by atoms with Crippen LogP contribution in [0.1, 0.15) is 33.6 Å². The van der Waals surface area contributed by atoms with Gasteiger partial charge in [-0.25, -0.2) is 0 Å². The topological polar surface area (TPSA) is 61.4 Å². The molecule has 0 atom stereocenters. The number of nitrogens with one attached hydrogen (secondary N) is 2. The molecule has 110 valence electrons. The van der Waals surface area contributed by atoms with Crippen LogP contribution in [0.2, 0.25) is 0 Å². The first-order valence-electron chi connectivity index (χ1n) is 7.11. The first-order valence-corrected chi connectivity index (χ1v) is 7.11. The minimum atomic E-state index is -0.312. The molecule has 1 saturated heterocycles. The first kappa shape index (κ1) is 16.0. The number of carbonyl (C=O) groups is 2. The van der Waals surface area contributed by atoms with Gasteiger partial charge >= 0.3 is 0 Å². The molecule has 5 nitrogen and oxygen atoms in total. The zero-order valence-electron chi connectivity index (χ0n) is 12.4. The summed E-state index contributed by atoms with van der Waals surface area (Å²) in [5.41, 5.74) is -0.312. The van der Waals surface area contributed by atoms with Crippen LogP contribution in [0.5, 0.6) is 0 Å². The summed E-state index contributed by atoms with van der Waals surface area (Å²) in [5.74, 6) is 0.711. The lowest BCUT2D eigenvalue weighted by Gasteiger charge is -2.32. The average molecular weight is 269 g/mol. The number of nitrogens with zero attached hydrogens (tertiary/aromatic N) is 1. The van der Waals surface area contributed by atoms with Gasteiger partial charge in [-0.15, -0.1) is 0 Å². The minimum absolute atomic E-state index is 0.109. The molecule has 0 aromatic heterocycles. The monoisotopic (exact) mass is 269 g/mol. The van der Waals surface area contributed by atoms with Crippen molar-refractivity contribution in [3.05, 3.63) is 0 Å². The molecule has 0 bridgehead atoms. The van der Waals surface area contributed by atoms with Gasteiger partial charge in [-0.3, -0.25) is 9.59 Å². The molecule has 0 unspecified atom stereocenters. The number of amides is 2. The van der Waals surface area contributed by atoms with Crippen LogP contribution >= 0.6 is 0 Å². The molecule has 0 aromatic carbocycles. The molecule has 0 saturated carbocycles. The summed E-state index contributed by atoms with van der Waals surface area (Å²) >= 11 is 0. The molecule has 1 aliphatic heterocycles. The fourth-order valence-electron chi connectivity index (χ4n) is 2.22. The van der Waals surface area contributed by atoms with Gasteiger partial charge in [0.15, 0.2) is 0 Å². The molecule has 0 aliphatic carbocycles. The number of carbonyl (C=O) groups excluding carboxylic acids is 2. The van der Waals surface area contributed by atoms with Crippen molar-refractivity contribution in [2.45, 2.75) is 33.6 Å². The van der Waals surface area contributed by atoms with E-state index in [1.54, 1.807) is 0 Å². The molecular weight excluding hydrogens is 242 g/mol. The largest absolute Gasteiger partial charge is 0.358 e. The van der Waals surface area contributed by atoms with E-state index in [-0.39, 0.29) is 11.3 Å². The Morgan fingerprint density at radius 1 is 1.32 bits per heavy atom. The van der Waals surface area contributed by atoms with E-state index in [2.05, 4.69) is 15.5 Å². The van der Waals surface area contributed by atoms with E-state index in [0.29, 0.717) is 12.5 Å². The Balaban J connectivity index is 2.13. The van der Waals surface area contributed by atoms with Crippen molar-refractivity contribution in [2.75, 3.05) is 32.7 Å². The highest BCUT2D eigenvalue weighted by Gasteiger charge is 2.22. The lowest BCUT2D eigenvalue weighted by molar-refractivity contribution is -0.128. The van der Waals surface area contributed by atoms with Crippen LogP contribution in [0.25, 0.3) is 0 Å². The Hall–Kier alpha value is -1.10. The van der Waals surface area contributed by atoms with Crippen LogP contribution in [-0.4, -0.2) is 49.9 Å². The van der Waals surface area contributed by atoms with Crippen LogP contribution in [0.3, 0.4) is 0 Å². The number of hydrogen-bond acceptors (Lipinski definition) is 3. The van der Waals surface area contributed by atoms with Gasteiger partial charge in [0.25, 0.3) is 0 Å². The molecule has 1 rings (SSSR count). The highest BCUT2D eigenvalue weighted by Crippen LogP contribution is 2.16. The van der Waals surface area contributed by atoms with Gasteiger partial charge in [-0.1, -0.05) is 20.8 Å². The molecule has 1 aliphatic rings. The van der Waals surface area contributed by atoms with Crippen LogP contribution in [0.15, 0.2) is 0 Å². The second-order valence-electron chi connectivity index (χ2n) is 6.32. The molecule has 1 fully saturated rings. The predicted molar refractivity (Wildman–Crippen MR) is 75.7 cm³/mol. The highest BCUT2D eigenvalue weighted by atomic mass is 16.2. The van der Waals surface area contributed by atoms with E-state index in [0.717, 1.165) is 45.4 Å². The number of likely N-dealkylation sites (tertiary alicyclic amines) is 1. The van der Waals surface area contributed by atoms with Crippen molar-refractivity contribution in [3.8, 4) is 0 Å². The van der Waals surface area contributed by atoms with Gasteiger partial charge in [-0.05, 0) is 31.8 Å². The first-order chi connectivity index (χ1) is 8.93. The van der Waals surface area contributed by atoms with Crippen LogP contribution in [-0.2, 0) is 9.59 Å². The second-order valence-corrected chi connectivity index (χ2v) is 6.32. The molecule has 2 N–H and O–H groups in total. The second kappa shape index (κ2) is 7.48. The van der Waals surface area contributed by atoms with Crippen LogP contribution in [0.4, 0.5) is 0 Å². The van der Waals surface area contributed by atoms with Crippen LogP contribution < -0.4 is 10.6 Å². The van der Waals surface area contributed by atoms with Gasteiger partial charge in [0.1, 0.15) is 0 Å². The molecule has 1 heterocycles. The smallest absolute Gasteiger partial charge is 0.225 e. The highest BCUT2D eigenvalue weighted by molar-refractivity contribution is 5.81. The van der Waals surface area contributed by atoms with E-state index >= 15 is 0 Å². The molecule has 0 spiro atoms. The fourth-order valence-corrected chi connectivity index (χ4v) is 2.22. The summed E-state index contributed by atoms with van der Waals surface area (Å²) in [6.07, 6.45) is 3.01. The van der Waals surface area contributed by atoms with E-state index in [1.807, 2.05) is 20.8 Å². The quantitative estimate of drug-likeness (QED) is 0.694. The van der Waals surface area contributed by atoms with Crippen molar-refractivity contribution in [3.63, 3.8) is 0 Å². The maximum Gasteiger partial charge on any atom is 0.225 e. The minimum Gasteiger partial charge on any atom is -0.358 e. The van der Waals surface area contributed by atoms with Crippen molar-refractivity contribution < 1.29 is 9.59 Å². The zero-order chi connectivity index (χ0) is 14.3. The van der Waals surface area contributed by atoms with Gasteiger partial charge in [0.2, 0.25) is 12.3 Å². The van der Waals surface area contributed by atoms with Crippen molar-refractivity contribution >= 4 is 12.3 Å². The maximum atomic E-state index is 11.7. The van der Waals surface area contributed by atoms with Crippen LogP contribution in [0, 0.1) is 11.3 Å². The van der Waals surface area contributed by atoms with Crippen molar-refractivity contribution in [2.24, 2.45) is 11.3 Å². The predicted octanol–water partition coefficient (Wildman–Crippen LogP) is 0.607. The van der Waals surface area contributed by atoms with E-state index in [4.69, 9.17) is 0 Å². The van der Waals surface area contributed by atoms with Gasteiger partial charge in [0.05, 0.1) is 0 Å². The molecule has 5 heteroatoms. The van der Waals surface area contributed by atoms with Gasteiger partial charge < -0.3 is 15.5 Å². The summed E-state index contributed by atoms with van der Waals surface area (Å²) in [4.78, 5) is 24.3. The summed E-state index contributed by atoms with van der Waals surface area (Å²) < 4.78 is 0. The normalized spacial score (nSPS) is 18.1. The third-order valence-corrected chi connectivity index (χ3v) is 3.59. The van der Waals surface area contributed by atoms with E-state index < -0.39 is 0 Å². The Labute approximate surface area is 116 Å². The Morgan fingerprint density at radius 2 is 1.95 bits per heavy atom. The maximum absolute atomic E-state index is 11.7. The third kappa shape index (κ3) is 6.05. The fraction of sp³-hybridized carbons (Fsp3) is 0.857. The van der Waals surface area contributed by atoms with E-state index in [1.165, 1.54) is 0 Å². The van der Waals surface area contributed by atoms with Gasteiger partial charge in [-0.2, -0.15) is 0 Å². The van der Waals surface area contributed by atoms with Gasteiger partial charge in [0, 0.05) is 25.0 Å². The van der Waals surface area contributed by atoms with Crippen molar-refractivity contribution in [1.29, 1.82) is 0 Å². The summed E-state index contributed by atoms with van der Waals surface area (Å²) in [6, 6.07) is 0. The third-order valence-electron chi connectivity index (χ3n) is 3.59. The Morgan fingerprint density at radius 3 is 2.47 bits per heavy atom. The summed E-state index contributed by atoms with van der Waals surface area (Å²) in [7, 11) is 0. The lowest BCUT2D eigenvalue weighted by Crippen LogP contribution is -2.43. The molecular formula is C14H27N3O2. The summed E-state index contributed by atoms with van der Waals surface area (Å²) in [5, 5.41) is 5.73. The molecule has 0 radical (unpaired) electrons. The Kier molecular flexibility index (Phi) is 6.28. The Bertz CT molecular complexity index is 292. The molecule has 0 aromatic rings. The number of rotatable bonds is 6. The average Bonchev–Trinajstić information content (AvgIpc) is 2.36. The summed E-state index contributed by atoms with van der Waals surface area (Å²) in [6.45, 7) is 10.3. The van der Waals surface area contributed by atoms with E-state index in [9.17, 15) is 9.59 Å². The zero-order valence-corrected chi connectivity index (χ0v) is 12.4. The lowest BCUT2D eigenvalue weighted by atomic mass is 9.95. The van der Waals surface area contributed by atoms with Crippen molar-refractivity contribution in [1.82, 2.24) is 15.5 Å². The standard InChI is InChI=1S/C14H27N3O2/c1-14(2,3)13(19)16-6-9-17-7-4-12(5-8-17)10-15-11-18/h11-12H,4-10H2,1-3H3,(H,15,18)(H,16,19). The SMILES string of the molecule is CC(C)(C)C(=O)NCCN1CCC(CNC=O)CC1.